The van der Waals surface area contributed by atoms with Crippen LogP contribution in [0.15, 0.2) is 91.1 Å². The van der Waals surface area contributed by atoms with Crippen molar-refractivity contribution in [2.24, 2.45) is 5.92 Å². The molecule has 2 aromatic heterocycles. The lowest BCUT2D eigenvalue weighted by Crippen LogP contribution is -2.70. The summed E-state index contributed by atoms with van der Waals surface area (Å²) in [6.07, 6.45) is 3.83. The number of methoxy groups -OCH3 is 1. The van der Waals surface area contributed by atoms with Crippen LogP contribution in [0.25, 0.3) is 33.1 Å². The van der Waals surface area contributed by atoms with Crippen LogP contribution in [0.1, 0.15) is 91.9 Å². The number of hydroxylamine groups is 2. The van der Waals surface area contributed by atoms with Gasteiger partial charge in [-0.15, -0.1) is 5.01 Å². The van der Waals surface area contributed by atoms with E-state index in [1.807, 2.05) is 84.9 Å². The van der Waals surface area contributed by atoms with Crippen LogP contribution in [0.3, 0.4) is 0 Å². The number of hydrogen-bond donors (Lipinski definition) is 4. The van der Waals surface area contributed by atoms with E-state index in [-0.39, 0.29) is 17.9 Å². The van der Waals surface area contributed by atoms with Gasteiger partial charge >= 0.3 is 12.2 Å². The van der Waals surface area contributed by atoms with Crippen molar-refractivity contribution in [3.05, 3.63) is 119 Å². The van der Waals surface area contributed by atoms with E-state index in [1.165, 1.54) is 7.11 Å². The Morgan fingerprint density at radius 1 is 0.905 bits per heavy atom. The standard InChI is InChI=1S/C48H50N8O7/c1-30(33-22-26-63-27-23-33)56(61,48(59)60)55-25-7-11-41(55)45-50-38-21-19-36-28-32(16-20-37(36)43(38)52-45)13-12-31-14-17-34(18-15-31)39-29-49-44(51-39)40-10-6-24-54(40)46(57)42(53-47(58)62-2)35-8-4-3-5-9-35/h3-5,8-9,14-21,28-30,33,40-42,61H,6-7,10-11,22-27H2,1-2H3,(H3-,49,50,51,52,53,58,59,60). The number of carbonyl (C=O) groups excluding carboxylic acids is 3. The van der Waals surface area contributed by atoms with Gasteiger partial charge in [-0.05, 0) is 92.3 Å². The van der Waals surface area contributed by atoms with Crippen molar-refractivity contribution in [2.45, 2.75) is 69.6 Å². The number of benzene rings is 4. The Morgan fingerprint density at radius 3 is 2.40 bits per heavy atom. The molecule has 4 aromatic carbocycles. The lowest BCUT2D eigenvalue weighted by molar-refractivity contribution is -1.16. The molecule has 3 fully saturated rings. The molecule has 0 bridgehead atoms. The number of aromatic nitrogens is 4. The minimum atomic E-state index is -1.53. The number of rotatable bonds is 9. The maximum absolute atomic E-state index is 13.9. The average Bonchev–Trinajstić information content (AvgIpc) is 4.17. The van der Waals surface area contributed by atoms with E-state index in [1.54, 1.807) is 23.0 Å². The average molecular weight is 851 g/mol. The van der Waals surface area contributed by atoms with Crippen LogP contribution in [0.4, 0.5) is 9.59 Å². The van der Waals surface area contributed by atoms with Crippen molar-refractivity contribution in [1.29, 1.82) is 0 Å². The number of fused-ring (bicyclic) bond motifs is 3. The predicted molar refractivity (Wildman–Crippen MR) is 231 cm³/mol. The first-order valence-corrected chi connectivity index (χ1v) is 21.6. The second-order valence-electron chi connectivity index (χ2n) is 16.6. The van der Waals surface area contributed by atoms with Crippen LogP contribution in [-0.2, 0) is 14.3 Å². The maximum Gasteiger partial charge on any atom is 0.407 e. The summed E-state index contributed by atoms with van der Waals surface area (Å²) in [5.41, 5.74) is 5.69. The second-order valence-corrected chi connectivity index (χ2v) is 16.6. The Hall–Kier alpha value is -6.57. The number of ether oxygens (including phenoxy) is 2. The lowest BCUT2D eigenvalue weighted by Gasteiger charge is -2.45. The van der Waals surface area contributed by atoms with E-state index in [4.69, 9.17) is 14.5 Å². The van der Waals surface area contributed by atoms with Crippen LogP contribution in [0, 0.1) is 17.8 Å². The number of carbonyl (C=O) groups is 3. The lowest BCUT2D eigenvalue weighted by atomic mass is 9.92. The summed E-state index contributed by atoms with van der Waals surface area (Å²) in [5, 5.41) is 30.7. The van der Waals surface area contributed by atoms with Gasteiger partial charge in [0.05, 0.1) is 42.6 Å². The quantitative estimate of drug-likeness (QED) is 0.0529. The summed E-state index contributed by atoms with van der Waals surface area (Å²) < 4.78 is 9.05. The van der Waals surface area contributed by atoms with Gasteiger partial charge in [0.25, 0.3) is 5.91 Å². The minimum Gasteiger partial charge on any atom is -0.494 e. The zero-order chi connectivity index (χ0) is 43.7. The molecule has 15 nitrogen and oxygen atoms in total. The zero-order valence-corrected chi connectivity index (χ0v) is 35.3. The van der Waals surface area contributed by atoms with Gasteiger partial charge in [-0.25, -0.2) is 14.8 Å². The summed E-state index contributed by atoms with van der Waals surface area (Å²) in [5.74, 6) is 7.63. The first-order valence-electron chi connectivity index (χ1n) is 21.6. The van der Waals surface area contributed by atoms with Gasteiger partial charge in [0, 0.05) is 42.2 Å². The zero-order valence-electron chi connectivity index (χ0n) is 35.3. The number of quaternary nitrogens is 1. The van der Waals surface area contributed by atoms with Crippen molar-refractivity contribution in [2.75, 3.05) is 33.4 Å². The van der Waals surface area contributed by atoms with Gasteiger partial charge in [-0.1, -0.05) is 71.2 Å². The Kier molecular flexibility index (Phi) is 11.7. The van der Waals surface area contributed by atoms with E-state index in [9.17, 15) is 24.7 Å². The van der Waals surface area contributed by atoms with Gasteiger partial charge < -0.3 is 39.6 Å². The van der Waals surface area contributed by atoms with E-state index in [2.05, 4.69) is 32.1 Å². The normalized spacial score (nSPS) is 20.2. The molecule has 5 heterocycles. The predicted octanol–water partition coefficient (Wildman–Crippen LogP) is 6.68. The first kappa shape index (κ1) is 41.8. The molecule has 0 saturated carbocycles. The molecule has 324 valence electrons. The molecule has 6 aromatic rings. The molecule has 5 unspecified atom stereocenters. The third-order valence-electron chi connectivity index (χ3n) is 13.0. The van der Waals surface area contributed by atoms with Gasteiger partial charge in [-0.2, -0.15) is 5.21 Å². The third kappa shape index (κ3) is 8.14. The number of amides is 3. The molecule has 5 atom stereocenters. The van der Waals surface area contributed by atoms with Crippen LogP contribution in [-0.4, -0.2) is 97.4 Å². The van der Waals surface area contributed by atoms with Crippen molar-refractivity contribution < 1.29 is 38.9 Å². The number of aromatic amines is 2. The molecule has 15 heteroatoms. The molecule has 3 amide bonds. The fourth-order valence-corrected chi connectivity index (χ4v) is 9.57. The summed E-state index contributed by atoms with van der Waals surface area (Å²) in [4.78, 5) is 57.1. The highest BCUT2D eigenvalue weighted by Crippen LogP contribution is 2.40. The Labute approximate surface area is 364 Å². The van der Waals surface area contributed by atoms with E-state index in [0.717, 1.165) is 57.0 Å². The maximum atomic E-state index is 13.9. The van der Waals surface area contributed by atoms with Crippen molar-refractivity contribution in [3.8, 4) is 23.1 Å². The largest absolute Gasteiger partial charge is 0.494 e. The number of H-pyrrole nitrogens is 2. The van der Waals surface area contributed by atoms with Gasteiger partial charge in [-0.3, -0.25) is 4.79 Å². The topological polar surface area (TPSA) is 189 Å². The highest BCUT2D eigenvalue weighted by Gasteiger charge is 2.52. The van der Waals surface area contributed by atoms with Crippen LogP contribution in [0.5, 0.6) is 0 Å². The Bertz CT molecular complexity index is 2700. The van der Waals surface area contributed by atoms with E-state index in [0.29, 0.717) is 69.2 Å². The van der Waals surface area contributed by atoms with Gasteiger partial charge in [0.2, 0.25) is 0 Å². The number of hydrogen-bond acceptors (Lipinski definition) is 10. The molecule has 3 aliphatic heterocycles. The number of likely N-dealkylation sites (tertiary alicyclic amines) is 1. The second kappa shape index (κ2) is 17.7. The van der Waals surface area contributed by atoms with Crippen molar-refractivity contribution >= 4 is 39.9 Å². The van der Waals surface area contributed by atoms with Crippen LogP contribution >= 0.6 is 0 Å². The van der Waals surface area contributed by atoms with Gasteiger partial charge in [0.1, 0.15) is 29.8 Å². The summed E-state index contributed by atoms with van der Waals surface area (Å²) in [6, 6.07) is 24.8. The molecule has 0 aliphatic carbocycles. The number of carboxylic acid groups (broad SMARTS) is 1. The Balaban J connectivity index is 0.890. The van der Waals surface area contributed by atoms with Crippen LogP contribution in [0.2, 0.25) is 0 Å². The molecule has 0 radical (unpaired) electrons. The van der Waals surface area contributed by atoms with E-state index < -0.39 is 35.1 Å². The molecule has 4 N–H and O–H groups in total. The SMILES string of the molecule is COC(=O)NC(C(=O)N1CCCC1c1ncc(-c2ccc(C#Cc3ccc4c(ccc5[nH]c(C6CCCN6[N+](O)(C(=O)[O-])C(C)C6CCOCC6)nc54)c3)cc2)[nH]1)c1ccccc1. The molecular formula is C48H50N8O7. The Morgan fingerprint density at radius 2 is 1.63 bits per heavy atom. The first-order chi connectivity index (χ1) is 30.6. The summed E-state index contributed by atoms with van der Waals surface area (Å²) in [6.45, 7) is 3.81. The third-order valence-corrected chi connectivity index (χ3v) is 13.0. The molecule has 3 saturated heterocycles. The number of nitrogens with one attached hydrogen (secondary N) is 3. The molecule has 3 aliphatic rings. The van der Waals surface area contributed by atoms with Gasteiger partial charge in [0.15, 0.2) is 0 Å². The fourth-order valence-electron chi connectivity index (χ4n) is 9.57. The monoisotopic (exact) mass is 850 g/mol. The summed E-state index contributed by atoms with van der Waals surface area (Å²) in [7, 11) is 1.28. The van der Waals surface area contributed by atoms with Crippen LogP contribution < -0.4 is 10.4 Å². The van der Waals surface area contributed by atoms with Crippen molar-refractivity contribution in [1.82, 2.24) is 35.2 Å². The number of nitrogens with zero attached hydrogens (tertiary/aromatic N) is 5. The molecule has 0 spiro atoms. The van der Waals surface area contributed by atoms with E-state index >= 15 is 0 Å². The minimum absolute atomic E-state index is 0.0231. The molecule has 9 rings (SSSR count). The fraction of sp³-hybridized carbons (Fsp3) is 0.354. The number of alkyl carbamates (subject to hydrolysis) is 1. The molecular weight excluding hydrogens is 801 g/mol. The highest BCUT2D eigenvalue weighted by molar-refractivity contribution is 6.04. The smallest absolute Gasteiger partial charge is 0.407 e. The highest BCUT2D eigenvalue weighted by atomic mass is 16.7. The molecule has 63 heavy (non-hydrogen) atoms. The van der Waals surface area contributed by atoms with Crippen molar-refractivity contribution in [3.63, 3.8) is 0 Å². The number of imidazole rings is 2. The summed E-state index contributed by atoms with van der Waals surface area (Å²) >= 11 is 0.